The van der Waals surface area contributed by atoms with E-state index >= 15 is 0 Å². The summed E-state index contributed by atoms with van der Waals surface area (Å²) in [6, 6.07) is 11.3. The summed E-state index contributed by atoms with van der Waals surface area (Å²) in [7, 11) is 0. The first-order valence-electron chi connectivity index (χ1n) is 6.08. The third-order valence-electron chi connectivity index (χ3n) is 3.10. The quantitative estimate of drug-likeness (QED) is 0.667. The van der Waals surface area contributed by atoms with Crippen molar-refractivity contribution >= 4 is 11.0 Å². The molecule has 0 spiro atoms. The Morgan fingerprint density at radius 3 is 2.53 bits per heavy atom. The van der Waals surface area contributed by atoms with Crippen LogP contribution in [0.5, 0.6) is 0 Å². The van der Waals surface area contributed by atoms with Crippen LogP contribution >= 0.6 is 0 Å². The highest BCUT2D eigenvalue weighted by Gasteiger charge is 2.09. The summed E-state index contributed by atoms with van der Waals surface area (Å²) >= 11 is 0. The molecule has 3 rings (SSSR count). The van der Waals surface area contributed by atoms with Crippen LogP contribution in [0.2, 0.25) is 0 Å². The zero-order valence-corrected chi connectivity index (χ0v) is 10.8. The van der Waals surface area contributed by atoms with Crippen molar-refractivity contribution < 1.29 is 0 Å². The monoisotopic (exact) mass is 251 g/mol. The zero-order chi connectivity index (χ0) is 13.4. The molecule has 0 radical (unpaired) electrons. The Hall–Kier alpha value is -2.49. The van der Waals surface area contributed by atoms with E-state index in [0.717, 1.165) is 11.3 Å². The number of aryl methyl sites for hydroxylation is 2. The lowest BCUT2D eigenvalue weighted by Gasteiger charge is -2.10. The van der Waals surface area contributed by atoms with Gasteiger partial charge in [0.15, 0.2) is 5.65 Å². The molecule has 0 unspecified atom stereocenters. The number of hydrogen-bond acceptors (Lipinski definition) is 3. The normalized spacial score (nSPS) is 10.8. The molecule has 0 aliphatic carbocycles. The SMILES string of the molecule is Cc1ccc(-n2c(C)nc3ncccc3c2=O)cc1. The molecule has 19 heavy (non-hydrogen) atoms. The van der Waals surface area contributed by atoms with E-state index in [1.807, 2.05) is 38.1 Å². The molecule has 0 fully saturated rings. The highest BCUT2D eigenvalue weighted by Crippen LogP contribution is 2.11. The van der Waals surface area contributed by atoms with Crippen molar-refractivity contribution in [1.29, 1.82) is 0 Å². The van der Waals surface area contributed by atoms with Gasteiger partial charge in [-0.1, -0.05) is 17.7 Å². The Labute approximate surface area is 110 Å². The second-order valence-electron chi connectivity index (χ2n) is 4.51. The van der Waals surface area contributed by atoms with Gasteiger partial charge in [-0.25, -0.2) is 9.97 Å². The van der Waals surface area contributed by atoms with Gasteiger partial charge in [0.2, 0.25) is 0 Å². The summed E-state index contributed by atoms with van der Waals surface area (Å²) in [5.41, 5.74) is 2.39. The summed E-state index contributed by atoms with van der Waals surface area (Å²) in [5.74, 6) is 0.639. The van der Waals surface area contributed by atoms with Crippen molar-refractivity contribution in [1.82, 2.24) is 14.5 Å². The Morgan fingerprint density at radius 1 is 1.05 bits per heavy atom. The molecule has 4 nitrogen and oxygen atoms in total. The van der Waals surface area contributed by atoms with Crippen molar-refractivity contribution in [3.05, 3.63) is 64.3 Å². The van der Waals surface area contributed by atoms with E-state index < -0.39 is 0 Å². The van der Waals surface area contributed by atoms with Crippen LogP contribution in [0.25, 0.3) is 16.7 Å². The molecule has 0 bridgehead atoms. The molecule has 0 saturated heterocycles. The molecule has 1 aromatic carbocycles. The molecular weight excluding hydrogens is 238 g/mol. The van der Waals surface area contributed by atoms with Crippen LogP contribution in [0.4, 0.5) is 0 Å². The lowest BCUT2D eigenvalue weighted by atomic mass is 10.2. The van der Waals surface area contributed by atoms with Crippen LogP contribution in [0.1, 0.15) is 11.4 Å². The lowest BCUT2D eigenvalue weighted by molar-refractivity contribution is 0.888. The van der Waals surface area contributed by atoms with Gasteiger partial charge in [-0.05, 0) is 38.1 Å². The van der Waals surface area contributed by atoms with Crippen LogP contribution in [-0.4, -0.2) is 14.5 Å². The maximum absolute atomic E-state index is 12.5. The van der Waals surface area contributed by atoms with E-state index in [4.69, 9.17) is 0 Å². The minimum atomic E-state index is -0.0838. The average Bonchev–Trinajstić information content (AvgIpc) is 2.41. The van der Waals surface area contributed by atoms with Gasteiger partial charge in [0, 0.05) is 6.20 Å². The molecule has 2 aromatic heterocycles. The number of rotatable bonds is 1. The zero-order valence-electron chi connectivity index (χ0n) is 10.8. The molecule has 0 saturated carbocycles. The molecule has 94 valence electrons. The number of pyridine rings is 1. The van der Waals surface area contributed by atoms with Gasteiger partial charge in [-0.3, -0.25) is 9.36 Å². The second kappa shape index (κ2) is 4.31. The maximum Gasteiger partial charge on any atom is 0.267 e. The van der Waals surface area contributed by atoms with Crippen LogP contribution in [0.3, 0.4) is 0 Å². The number of aromatic nitrogens is 3. The summed E-state index contributed by atoms with van der Waals surface area (Å²) < 4.78 is 1.61. The van der Waals surface area contributed by atoms with Gasteiger partial charge in [0.25, 0.3) is 5.56 Å². The maximum atomic E-state index is 12.5. The van der Waals surface area contributed by atoms with Gasteiger partial charge in [-0.2, -0.15) is 0 Å². The van der Waals surface area contributed by atoms with Gasteiger partial charge in [0.1, 0.15) is 5.82 Å². The molecule has 2 heterocycles. The highest BCUT2D eigenvalue weighted by atomic mass is 16.1. The summed E-state index contributed by atoms with van der Waals surface area (Å²) in [4.78, 5) is 21.0. The summed E-state index contributed by atoms with van der Waals surface area (Å²) in [6.45, 7) is 3.83. The fourth-order valence-corrected chi connectivity index (χ4v) is 2.12. The van der Waals surface area contributed by atoms with E-state index in [1.165, 1.54) is 0 Å². The molecular formula is C15H13N3O. The lowest BCUT2D eigenvalue weighted by Crippen LogP contribution is -2.22. The van der Waals surface area contributed by atoms with Gasteiger partial charge < -0.3 is 0 Å². The smallest absolute Gasteiger partial charge is 0.267 e. The van der Waals surface area contributed by atoms with Crippen molar-refractivity contribution in [2.75, 3.05) is 0 Å². The molecule has 0 aliphatic rings. The molecule has 0 atom stereocenters. The minimum absolute atomic E-state index is 0.0838. The standard InChI is InChI=1S/C15H13N3O/c1-10-5-7-12(8-6-10)18-11(2)17-14-13(15(18)19)4-3-9-16-14/h3-9H,1-2H3. The van der Waals surface area contributed by atoms with Crippen molar-refractivity contribution in [3.8, 4) is 5.69 Å². The largest absolute Gasteiger partial charge is 0.268 e. The fraction of sp³-hybridized carbons (Fsp3) is 0.133. The van der Waals surface area contributed by atoms with Gasteiger partial charge >= 0.3 is 0 Å². The van der Waals surface area contributed by atoms with E-state index in [9.17, 15) is 4.79 Å². The first kappa shape index (κ1) is 11.6. The summed E-state index contributed by atoms with van der Waals surface area (Å²) in [5, 5.41) is 0.536. The van der Waals surface area contributed by atoms with Crippen molar-refractivity contribution in [2.45, 2.75) is 13.8 Å². The Morgan fingerprint density at radius 2 is 1.79 bits per heavy atom. The fourth-order valence-electron chi connectivity index (χ4n) is 2.12. The minimum Gasteiger partial charge on any atom is -0.268 e. The van der Waals surface area contributed by atoms with Gasteiger partial charge in [-0.15, -0.1) is 0 Å². The Balaban J connectivity index is 2.35. The van der Waals surface area contributed by atoms with Crippen molar-refractivity contribution in [2.24, 2.45) is 0 Å². The van der Waals surface area contributed by atoms with Gasteiger partial charge in [0.05, 0.1) is 11.1 Å². The predicted molar refractivity (Wildman–Crippen MR) is 74.6 cm³/mol. The van der Waals surface area contributed by atoms with Crippen LogP contribution < -0.4 is 5.56 Å². The molecule has 0 amide bonds. The Bertz CT molecular complexity index is 804. The number of benzene rings is 1. The van der Waals surface area contributed by atoms with Crippen LogP contribution in [0, 0.1) is 13.8 Å². The Kier molecular flexibility index (Phi) is 2.63. The van der Waals surface area contributed by atoms with E-state index in [0.29, 0.717) is 16.9 Å². The summed E-state index contributed by atoms with van der Waals surface area (Å²) in [6.07, 6.45) is 1.64. The average molecular weight is 251 g/mol. The third-order valence-corrected chi connectivity index (χ3v) is 3.10. The van der Waals surface area contributed by atoms with Crippen molar-refractivity contribution in [3.63, 3.8) is 0 Å². The van der Waals surface area contributed by atoms with E-state index in [2.05, 4.69) is 9.97 Å². The highest BCUT2D eigenvalue weighted by molar-refractivity contribution is 5.73. The predicted octanol–water partition coefficient (Wildman–Crippen LogP) is 2.40. The van der Waals surface area contributed by atoms with E-state index in [-0.39, 0.29) is 5.56 Å². The number of fused-ring (bicyclic) bond motifs is 1. The van der Waals surface area contributed by atoms with Crippen LogP contribution in [0.15, 0.2) is 47.4 Å². The molecule has 0 aliphatic heterocycles. The third kappa shape index (κ3) is 1.91. The van der Waals surface area contributed by atoms with Crippen LogP contribution in [-0.2, 0) is 0 Å². The first-order chi connectivity index (χ1) is 9.16. The first-order valence-corrected chi connectivity index (χ1v) is 6.08. The topological polar surface area (TPSA) is 47.8 Å². The van der Waals surface area contributed by atoms with E-state index in [1.54, 1.807) is 22.9 Å². The number of nitrogens with zero attached hydrogens (tertiary/aromatic N) is 3. The molecule has 3 aromatic rings. The molecule has 4 heteroatoms. The molecule has 0 N–H and O–H groups in total. The second-order valence-corrected chi connectivity index (χ2v) is 4.51. The number of hydrogen-bond donors (Lipinski definition) is 0.